The monoisotopic (exact) mass is 227 g/mol. The molecule has 2 rings (SSSR count). The summed E-state index contributed by atoms with van der Waals surface area (Å²) in [6.45, 7) is 2.36. The molecule has 0 aliphatic carbocycles. The molecule has 0 fully saturated rings. The topological polar surface area (TPSA) is 50.8 Å². The second-order valence-electron chi connectivity index (χ2n) is 3.84. The average Bonchev–Trinajstić information content (AvgIpc) is 2.74. The van der Waals surface area contributed by atoms with E-state index in [2.05, 4.69) is 11.1 Å². The molecule has 0 bridgehead atoms. The number of hydrogen-bond donors (Lipinski definition) is 0. The van der Waals surface area contributed by atoms with Gasteiger partial charge in [-0.25, -0.2) is 4.98 Å². The molecule has 0 atom stereocenters. The van der Waals surface area contributed by atoms with Crippen LogP contribution in [-0.2, 0) is 13.7 Å². The molecular weight excluding hydrogens is 214 g/mol. The lowest BCUT2D eigenvalue weighted by molar-refractivity contribution is 0.290. The molecule has 2 aromatic rings. The van der Waals surface area contributed by atoms with Crippen LogP contribution in [0.25, 0.3) is 0 Å². The quantitative estimate of drug-likeness (QED) is 0.807. The van der Waals surface area contributed by atoms with Crippen LogP contribution in [0, 0.1) is 18.3 Å². The standard InChI is InChI=1S/C13H13N3O/c1-10-3-4-11(8-14)7-12(10)17-9-13-15-5-6-16(13)2/h3-7H,9H2,1-2H3. The zero-order valence-electron chi connectivity index (χ0n) is 9.84. The van der Waals surface area contributed by atoms with E-state index < -0.39 is 0 Å². The van der Waals surface area contributed by atoms with Crippen LogP contribution in [0.3, 0.4) is 0 Å². The molecule has 1 aromatic heterocycles. The number of hydrogen-bond acceptors (Lipinski definition) is 3. The average molecular weight is 227 g/mol. The predicted octanol–water partition coefficient (Wildman–Crippen LogP) is 2.18. The molecule has 0 radical (unpaired) electrons. The third kappa shape index (κ3) is 2.45. The summed E-state index contributed by atoms with van der Waals surface area (Å²) < 4.78 is 7.58. The van der Waals surface area contributed by atoms with Gasteiger partial charge in [-0.3, -0.25) is 0 Å². The molecule has 0 saturated carbocycles. The summed E-state index contributed by atoms with van der Waals surface area (Å²) in [5.74, 6) is 1.58. The first-order valence-electron chi connectivity index (χ1n) is 5.30. The number of nitriles is 1. The van der Waals surface area contributed by atoms with Crippen molar-refractivity contribution in [2.24, 2.45) is 7.05 Å². The number of ether oxygens (including phenoxy) is 1. The van der Waals surface area contributed by atoms with Gasteiger partial charge in [-0.1, -0.05) is 6.07 Å². The molecule has 4 heteroatoms. The minimum Gasteiger partial charge on any atom is -0.485 e. The zero-order chi connectivity index (χ0) is 12.3. The number of rotatable bonds is 3. The van der Waals surface area contributed by atoms with Crippen molar-refractivity contribution in [3.8, 4) is 11.8 Å². The molecule has 1 aromatic carbocycles. The Kier molecular flexibility index (Phi) is 3.10. The molecule has 0 N–H and O–H groups in total. The highest BCUT2D eigenvalue weighted by atomic mass is 16.5. The van der Waals surface area contributed by atoms with Crippen molar-refractivity contribution in [3.63, 3.8) is 0 Å². The maximum atomic E-state index is 8.83. The van der Waals surface area contributed by atoms with Crippen LogP contribution in [0.5, 0.6) is 5.75 Å². The van der Waals surface area contributed by atoms with Gasteiger partial charge in [0.2, 0.25) is 0 Å². The molecule has 0 aliphatic heterocycles. The highest BCUT2D eigenvalue weighted by Gasteiger charge is 2.04. The minimum absolute atomic E-state index is 0.402. The van der Waals surface area contributed by atoms with Crippen molar-refractivity contribution in [2.45, 2.75) is 13.5 Å². The maximum absolute atomic E-state index is 8.83. The van der Waals surface area contributed by atoms with E-state index in [4.69, 9.17) is 10.00 Å². The van der Waals surface area contributed by atoms with Crippen LogP contribution in [0.4, 0.5) is 0 Å². The van der Waals surface area contributed by atoms with Crippen LogP contribution in [0.1, 0.15) is 17.0 Å². The third-order valence-corrected chi connectivity index (χ3v) is 2.59. The predicted molar refractivity (Wildman–Crippen MR) is 63.4 cm³/mol. The van der Waals surface area contributed by atoms with Crippen LogP contribution in [-0.4, -0.2) is 9.55 Å². The summed E-state index contributed by atoms with van der Waals surface area (Å²) >= 11 is 0. The summed E-state index contributed by atoms with van der Waals surface area (Å²) in [5.41, 5.74) is 1.61. The highest BCUT2D eigenvalue weighted by Crippen LogP contribution is 2.20. The summed E-state index contributed by atoms with van der Waals surface area (Å²) in [4.78, 5) is 4.18. The van der Waals surface area contributed by atoms with Gasteiger partial charge in [0.25, 0.3) is 0 Å². The second-order valence-corrected chi connectivity index (χ2v) is 3.84. The number of nitrogens with zero attached hydrogens (tertiary/aromatic N) is 3. The molecule has 0 saturated heterocycles. The molecule has 1 heterocycles. The van der Waals surface area contributed by atoms with Gasteiger partial charge >= 0.3 is 0 Å². The normalized spacial score (nSPS) is 9.94. The van der Waals surface area contributed by atoms with E-state index in [1.165, 1.54) is 0 Å². The van der Waals surface area contributed by atoms with Gasteiger partial charge in [-0.05, 0) is 24.6 Å². The molecule has 0 aliphatic rings. The van der Waals surface area contributed by atoms with Crippen molar-refractivity contribution in [1.29, 1.82) is 5.26 Å². The first-order valence-corrected chi connectivity index (χ1v) is 5.30. The second kappa shape index (κ2) is 4.71. The molecule has 0 unspecified atom stereocenters. The number of aromatic nitrogens is 2. The summed E-state index contributed by atoms with van der Waals surface area (Å²) in [7, 11) is 1.92. The lowest BCUT2D eigenvalue weighted by Gasteiger charge is -2.09. The maximum Gasteiger partial charge on any atom is 0.146 e. The lowest BCUT2D eigenvalue weighted by atomic mass is 10.1. The first-order chi connectivity index (χ1) is 8.20. The fraction of sp³-hybridized carbons (Fsp3) is 0.231. The van der Waals surface area contributed by atoms with E-state index in [-0.39, 0.29) is 0 Å². The van der Waals surface area contributed by atoms with Crippen LogP contribution < -0.4 is 4.74 Å². The van der Waals surface area contributed by atoms with Crippen molar-refractivity contribution in [1.82, 2.24) is 9.55 Å². The van der Waals surface area contributed by atoms with Gasteiger partial charge in [-0.2, -0.15) is 5.26 Å². The number of imidazole rings is 1. The Morgan fingerprint density at radius 2 is 2.29 bits per heavy atom. The number of aryl methyl sites for hydroxylation is 2. The Bertz CT molecular complexity index is 566. The van der Waals surface area contributed by atoms with Gasteiger partial charge < -0.3 is 9.30 Å². The lowest BCUT2D eigenvalue weighted by Crippen LogP contribution is -2.03. The summed E-state index contributed by atoms with van der Waals surface area (Å²) in [6, 6.07) is 7.51. The van der Waals surface area contributed by atoms with Gasteiger partial charge in [0.15, 0.2) is 0 Å². The number of benzene rings is 1. The largest absolute Gasteiger partial charge is 0.485 e. The van der Waals surface area contributed by atoms with E-state index >= 15 is 0 Å². The minimum atomic E-state index is 0.402. The third-order valence-electron chi connectivity index (χ3n) is 2.59. The van der Waals surface area contributed by atoms with Gasteiger partial charge in [-0.15, -0.1) is 0 Å². The summed E-state index contributed by atoms with van der Waals surface area (Å²) in [6.07, 6.45) is 3.61. The Balaban J connectivity index is 2.14. The molecule has 17 heavy (non-hydrogen) atoms. The van der Waals surface area contributed by atoms with E-state index in [9.17, 15) is 0 Å². The van der Waals surface area contributed by atoms with E-state index in [1.807, 2.05) is 30.8 Å². The van der Waals surface area contributed by atoms with Gasteiger partial charge in [0, 0.05) is 19.4 Å². The Hall–Kier alpha value is -2.28. The summed E-state index contributed by atoms with van der Waals surface area (Å²) in [5, 5.41) is 8.83. The molecule has 4 nitrogen and oxygen atoms in total. The first kappa shape index (κ1) is 11.2. The van der Waals surface area contributed by atoms with Crippen LogP contribution in [0.2, 0.25) is 0 Å². The zero-order valence-corrected chi connectivity index (χ0v) is 9.84. The smallest absolute Gasteiger partial charge is 0.146 e. The van der Waals surface area contributed by atoms with Crippen molar-refractivity contribution in [3.05, 3.63) is 47.5 Å². The molecule has 86 valence electrons. The van der Waals surface area contributed by atoms with E-state index in [0.717, 1.165) is 17.1 Å². The van der Waals surface area contributed by atoms with Crippen molar-refractivity contribution >= 4 is 0 Å². The molecular formula is C13H13N3O. The van der Waals surface area contributed by atoms with Crippen molar-refractivity contribution < 1.29 is 4.74 Å². The Labute approximate surface area is 100 Å². The highest BCUT2D eigenvalue weighted by molar-refractivity contribution is 5.41. The van der Waals surface area contributed by atoms with Crippen LogP contribution >= 0.6 is 0 Å². The molecule has 0 spiro atoms. The molecule has 0 amide bonds. The fourth-order valence-electron chi connectivity index (χ4n) is 1.50. The fourth-order valence-corrected chi connectivity index (χ4v) is 1.50. The van der Waals surface area contributed by atoms with Gasteiger partial charge in [0.1, 0.15) is 18.2 Å². The van der Waals surface area contributed by atoms with Crippen LogP contribution in [0.15, 0.2) is 30.6 Å². The van der Waals surface area contributed by atoms with E-state index in [1.54, 1.807) is 18.3 Å². The SMILES string of the molecule is Cc1ccc(C#N)cc1OCc1nccn1C. The Morgan fingerprint density at radius 1 is 1.47 bits per heavy atom. The van der Waals surface area contributed by atoms with Gasteiger partial charge in [0.05, 0.1) is 11.6 Å². The van der Waals surface area contributed by atoms with E-state index in [0.29, 0.717) is 12.2 Å². The van der Waals surface area contributed by atoms with Crippen molar-refractivity contribution in [2.75, 3.05) is 0 Å². The Morgan fingerprint density at radius 3 is 2.94 bits per heavy atom.